The van der Waals surface area contributed by atoms with Crippen LogP contribution in [0.3, 0.4) is 0 Å². The Labute approximate surface area is 180 Å². The molecule has 0 saturated carbocycles. The highest BCUT2D eigenvalue weighted by Crippen LogP contribution is 2.46. The second kappa shape index (κ2) is 7.69. The molecule has 1 saturated heterocycles. The molecule has 3 aromatic rings. The van der Waals surface area contributed by atoms with Crippen molar-refractivity contribution in [3.63, 3.8) is 0 Å². The number of halogens is 1. The maximum atomic E-state index is 10.6. The molecule has 0 unspecified atom stereocenters. The summed E-state index contributed by atoms with van der Waals surface area (Å²) in [5, 5.41) is 15.1. The molecule has 1 aliphatic rings. The van der Waals surface area contributed by atoms with Gasteiger partial charge in [-0.15, -0.1) is 0 Å². The summed E-state index contributed by atoms with van der Waals surface area (Å²) in [6.07, 6.45) is 1.78. The monoisotopic (exact) mass is 426 g/mol. The van der Waals surface area contributed by atoms with Crippen molar-refractivity contribution < 1.29 is 5.11 Å². The van der Waals surface area contributed by atoms with Crippen molar-refractivity contribution in [2.24, 2.45) is 0 Å². The molecule has 0 bridgehead atoms. The Hall–Kier alpha value is -2.57. The van der Waals surface area contributed by atoms with Crippen molar-refractivity contribution in [3.05, 3.63) is 76.3 Å². The highest BCUT2D eigenvalue weighted by atomic mass is 35.5. The number of aryl methyl sites for hydroxylation is 1. The van der Waals surface area contributed by atoms with Crippen molar-refractivity contribution in [2.75, 3.05) is 4.90 Å². The van der Waals surface area contributed by atoms with Gasteiger partial charge in [0.1, 0.15) is 5.75 Å². The number of benzene rings is 1. The Morgan fingerprint density at radius 1 is 1.21 bits per heavy atom. The van der Waals surface area contributed by atoms with Crippen molar-refractivity contribution >= 4 is 34.6 Å². The van der Waals surface area contributed by atoms with Crippen LogP contribution in [0.25, 0.3) is 0 Å². The number of nitrogens with one attached hydrogen (secondary N) is 1. The van der Waals surface area contributed by atoms with E-state index in [-0.39, 0.29) is 17.8 Å². The topological polar surface area (TPSA) is 53.3 Å². The molecule has 2 N–H and O–H groups in total. The molecule has 7 heteroatoms. The van der Waals surface area contributed by atoms with E-state index in [9.17, 15) is 5.11 Å². The molecule has 1 aromatic carbocycles. The van der Waals surface area contributed by atoms with Gasteiger partial charge in [-0.25, -0.2) is 0 Å². The zero-order valence-corrected chi connectivity index (χ0v) is 18.1. The predicted octanol–water partition coefficient (Wildman–Crippen LogP) is 5.06. The Kier molecular flexibility index (Phi) is 5.23. The van der Waals surface area contributed by atoms with Gasteiger partial charge in [-0.1, -0.05) is 17.7 Å². The van der Waals surface area contributed by atoms with E-state index in [0.29, 0.717) is 15.8 Å². The van der Waals surface area contributed by atoms with Gasteiger partial charge in [0.05, 0.1) is 23.5 Å². The van der Waals surface area contributed by atoms with Gasteiger partial charge in [-0.05, 0) is 75.0 Å². The van der Waals surface area contributed by atoms with Crippen molar-refractivity contribution in [2.45, 2.75) is 39.4 Å². The van der Waals surface area contributed by atoms with Gasteiger partial charge < -0.3 is 19.9 Å². The smallest absolute Gasteiger partial charge is 0.174 e. The molecule has 0 amide bonds. The molecule has 2 aromatic heterocycles. The van der Waals surface area contributed by atoms with Gasteiger partial charge in [0.15, 0.2) is 5.11 Å². The molecular weight excluding hydrogens is 404 g/mol. The maximum absolute atomic E-state index is 10.6. The molecule has 150 valence electrons. The highest BCUT2D eigenvalue weighted by molar-refractivity contribution is 7.80. The van der Waals surface area contributed by atoms with E-state index in [2.05, 4.69) is 41.7 Å². The maximum Gasteiger partial charge on any atom is 0.174 e. The number of pyridine rings is 1. The third-order valence-electron chi connectivity index (χ3n) is 5.54. The lowest BCUT2D eigenvalue weighted by atomic mass is 9.96. The van der Waals surface area contributed by atoms with E-state index < -0.39 is 0 Å². The Bertz CT molecular complexity index is 1070. The van der Waals surface area contributed by atoms with Gasteiger partial charge in [0, 0.05) is 29.2 Å². The van der Waals surface area contributed by atoms with Crippen molar-refractivity contribution in [1.29, 1.82) is 0 Å². The summed E-state index contributed by atoms with van der Waals surface area (Å²) in [5.74, 6) is 0.134. The number of aromatic hydroxyl groups is 1. The van der Waals surface area contributed by atoms with Crippen LogP contribution >= 0.6 is 23.8 Å². The average Bonchev–Trinajstić information content (AvgIpc) is 3.19. The number of phenolic OH excluding ortho intramolecular Hbond substituents is 1. The first-order chi connectivity index (χ1) is 13.9. The fraction of sp³-hybridized carbons (Fsp3) is 0.273. The van der Waals surface area contributed by atoms with Crippen LogP contribution in [0.2, 0.25) is 5.02 Å². The van der Waals surface area contributed by atoms with Crippen LogP contribution in [0.5, 0.6) is 5.75 Å². The molecule has 1 fully saturated rings. The van der Waals surface area contributed by atoms with Gasteiger partial charge in [0.25, 0.3) is 0 Å². The summed E-state index contributed by atoms with van der Waals surface area (Å²) in [7, 11) is 0. The van der Waals surface area contributed by atoms with Gasteiger partial charge in [0.2, 0.25) is 0 Å². The van der Waals surface area contributed by atoms with Crippen LogP contribution in [0.4, 0.5) is 5.69 Å². The second-order valence-corrected chi connectivity index (χ2v) is 8.02. The van der Waals surface area contributed by atoms with Crippen LogP contribution < -0.4 is 10.2 Å². The number of rotatable bonds is 4. The minimum atomic E-state index is -0.173. The van der Waals surface area contributed by atoms with Crippen molar-refractivity contribution in [3.8, 4) is 5.75 Å². The summed E-state index contributed by atoms with van der Waals surface area (Å²) in [4.78, 5) is 6.53. The number of hydrogen-bond acceptors (Lipinski definition) is 3. The van der Waals surface area contributed by atoms with E-state index in [4.69, 9.17) is 23.8 Å². The highest BCUT2D eigenvalue weighted by Gasteiger charge is 2.43. The first-order valence-electron chi connectivity index (χ1n) is 9.58. The van der Waals surface area contributed by atoms with E-state index in [0.717, 1.165) is 17.8 Å². The quantitative estimate of drug-likeness (QED) is 0.571. The van der Waals surface area contributed by atoms with Crippen molar-refractivity contribution in [1.82, 2.24) is 14.9 Å². The Morgan fingerprint density at radius 3 is 2.66 bits per heavy atom. The number of phenols is 1. The molecule has 2 atom stereocenters. The largest absolute Gasteiger partial charge is 0.506 e. The SMILES string of the molecule is CCn1c(C)cc([C@@H]2[C@H](c3ccccn3)NC(=S)N2c2cc(Cl)ccc2O)c1C. The van der Waals surface area contributed by atoms with E-state index in [1.807, 2.05) is 23.1 Å². The van der Waals surface area contributed by atoms with Gasteiger partial charge in [-0.3, -0.25) is 4.98 Å². The third kappa shape index (κ3) is 3.36. The number of thiocarbonyl (C=S) groups is 1. The van der Waals surface area contributed by atoms with E-state index in [1.165, 1.54) is 11.4 Å². The van der Waals surface area contributed by atoms with Gasteiger partial charge >= 0.3 is 0 Å². The van der Waals surface area contributed by atoms with Gasteiger partial charge in [-0.2, -0.15) is 0 Å². The normalized spacial score (nSPS) is 18.9. The number of hydrogen-bond donors (Lipinski definition) is 2. The van der Waals surface area contributed by atoms with Crippen LogP contribution in [0.1, 0.15) is 41.7 Å². The summed E-state index contributed by atoms with van der Waals surface area (Å²) < 4.78 is 2.28. The molecule has 5 nitrogen and oxygen atoms in total. The Morgan fingerprint density at radius 2 is 2.00 bits per heavy atom. The first kappa shape index (κ1) is 19.7. The van der Waals surface area contributed by atoms with Crippen LogP contribution in [0, 0.1) is 13.8 Å². The number of aromatic nitrogens is 2. The molecular formula is C22H23ClN4OS. The van der Waals surface area contributed by atoms with Crippen LogP contribution in [0.15, 0.2) is 48.7 Å². The van der Waals surface area contributed by atoms with Crippen LogP contribution in [-0.4, -0.2) is 19.8 Å². The fourth-order valence-corrected chi connectivity index (χ4v) is 4.74. The van der Waals surface area contributed by atoms with E-state index >= 15 is 0 Å². The number of nitrogens with zero attached hydrogens (tertiary/aromatic N) is 3. The summed E-state index contributed by atoms with van der Waals surface area (Å²) >= 11 is 12.0. The first-order valence-corrected chi connectivity index (χ1v) is 10.4. The van der Waals surface area contributed by atoms with Crippen LogP contribution in [-0.2, 0) is 6.54 Å². The average molecular weight is 427 g/mol. The lowest BCUT2D eigenvalue weighted by Gasteiger charge is -2.28. The molecule has 0 aliphatic carbocycles. The third-order valence-corrected chi connectivity index (χ3v) is 6.09. The lowest BCUT2D eigenvalue weighted by Crippen LogP contribution is -2.29. The minimum Gasteiger partial charge on any atom is -0.506 e. The summed E-state index contributed by atoms with van der Waals surface area (Å²) in [6, 6.07) is 12.7. The second-order valence-electron chi connectivity index (χ2n) is 7.20. The number of anilines is 1. The molecule has 0 spiro atoms. The Balaban J connectivity index is 1.92. The zero-order valence-electron chi connectivity index (χ0n) is 16.6. The molecule has 4 rings (SSSR count). The standard InChI is InChI=1S/C22H23ClN4OS/c1-4-26-13(2)11-16(14(26)3)21-20(17-7-5-6-10-24-17)25-22(29)27(21)18-12-15(23)8-9-19(18)28/h5-12,20-21,28H,4H2,1-3H3,(H,25,29)/t20-,21+/m0/s1. The molecule has 29 heavy (non-hydrogen) atoms. The lowest BCUT2D eigenvalue weighted by molar-refractivity contribution is 0.472. The fourth-order valence-electron chi connectivity index (χ4n) is 4.23. The molecule has 3 heterocycles. The predicted molar refractivity (Wildman–Crippen MR) is 121 cm³/mol. The summed E-state index contributed by atoms with van der Waals surface area (Å²) in [6.45, 7) is 7.26. The molecule has 1 aliphatic heterocycles. The van der Waals surface area contributed by atoms with E-state index in [1.54, 1.807) is 24.4 Å². The zero-order chi connectivity index (χ0) is 20.7. The molecule has 0 radical (unpaired) electrons. The summed E-state index contributed by atoms with van der Waals surface area (Å²) in [5.41, 5.74) is 4.98. The minimum absolute atomic E-state index is 0.134.